The summed E-state index contributed by atoms with van der Waals surface area (Å²) >= 11 is 0. The molecule has 4 aromatic rings. The van der Waals surface area contributed by atoms with Crippen molar-refractivity contribution in [1.82, 2.24) is 30.1 Å². The number of para-hydroxylation sites is 1. The smallest absolute Gasteiger partial charge is 0.252 e. The second-order valence-electron chi connectivity index (χ2n) is 8.63. The van der Waals surface area contributed by atoms with E-state index in [0.29, 0.717) is 31.6 Å². The number of hydrogen-bond donors (Lipinski definition) is 2. The number of aliphatic hydroxyl groups excluding tert-OH is 1. The zero-order chi connectivity index (χ0) is 23.9. The van der Waals surface area contributed by atoms with Crippen LogP contribution in [0.2, 0.25) is 0 Å². The highest BCUT2D eigenvalue weighted by atomic mass is 16.3. The van der Waals surface area contributed by atoms with E-state index in [4.69, 9.17) is 0 Å². The Bertz CT molecular complexity index is 1270. The molecule has 0 aliphatic heterocycles. The first-order valence-corrected chi connectivity index (χ1v) is 11.9. The van der Waals surface area contributed by atoms with E-state index in [1.165, 1.54) is 5.56 Å². The molecule has 2 aromatic carbocycles. The van der Waals surface area contributed by atoms with Gasteiger partial charge in [0.25, 0.3) is 5.56 Å². The van der Waals surface area contributed by atoms with Gasteiger partial charge in [0.15, 0.2) is 5.82 Å². The third-order valence-electron chi connectivity index (χ3n) is 6.28. The van der Waals surface area contributed by atoms with Crippen molar-refractivity contribution in [2.75, 3.05) is 13.2 Å². The Morgan fingerprint density at radius 1 is 1.15 bits per heavy atom. The lowest BCUT2D eigenvalue weighted by atomic mass is 10.1. The van der Waals surface area contributed by atoms with Gasteiger partial charge in [-0.25, -0.2) is 4.68 Å². The summed E-state index contributed by atoms with van der Waals surface area (Å²) in [5.41, 5.74) is 3.75. The number of aromatic nitrogens is 5. The predicted octanol–water partition coefficient (Wildman–Crippen LogP) is 3.40. The molecule has 0 bridgehead atoms. The van der Waals surface area contributed by atoms with Gasteiger partial charge in [-0.15, -0.1) is 5.10 Å². The molecule has 1 unspecified atom stereocenters. The summed E-state index contributed by atoms with van der Waals surface area (Å²) in [4.78, 5) is 18.2. The van der Waals surface area contributed by atoms with E-state index < -0.39 is 0 Å². The minimum Gasteiger partial charge on any atom is -0.396 e. The first-order chi connectivity index (χ1) is 16.6. The van der Waals surface area contributed by atoms with E-state index in [1.807, 2.05) is 54.1 Å². The lowest BCUT2D eigenvalue weighted by Crippen LogP contribution is -2.34. The zero-order valence-corrected chi connectivity index (χ0v) is 19.8. The Labute approximate surface area is 199 Å². The number of aryl methyl sites for hydroxylation is 3. The Morgan fingerprint density at radius 3 is 2.74 bits per heavy atom. The number of H-pyrrole nitrogens is 1. The predicted molar refractivity (Wildman–Crippen MR) is 132 cm³/mol. The number of pyridine rings is 1. The zero-order valence-electron chi connectivity index (χ0n) is 19.8. The number of fused-ring (bicyclic) bond motifs is 1. The van der Waals surface area contributed by atoms with Gasteiger partial charge in [0.1, 0.15) is 0 Å². The quantitative estimate of drug-likeness (QED) is 0.356. The van der Waals surface area contributed by atoms with Crippen LogP contribution in [0.3, 0.4) is 0 Å². The highest BCUT2D eigenvalue weighted by Gasteiger charge is 2.25. The summed E-state index contributed by atoms with van der Waals surface area (Å²) in [6.45, 7) is 5.93. The normalized spacial score (nSPS) is 12.5. The van der Waals surface area contributed by atoms with Gasteiger partial charge in [0, 0.05) is 31.8 Å². The first-order valence-electron chi connectivity index (χ1n) is 11.9. The van der Waals surface area contributed by atoms with E-state index in [2.05, 4.69) is 44.5 Å². The SMILES string of the molecule is CCC(c1nnnn1CCc1ccccc1)N(CCCO)Cc1cc2cccc(C)c2[nH]c1=O. The molecule has 34 heavy (non-hydrogen) atoms. The molecule has 1 atom stereocenters. The van der Waals surface area contributed by atoms with E-state index in [-0.39, 0.29) is 18.2 Å². The molecule has 2 aromatic heterocycles. The van der Waals surface area contributed by atoms with Crippen molar-refractivity contribution in [3.63, 3.8) is 0 Å². The Kier molecular flexibility index (Phi) is 7.82. The molecule has 0 radical (unpaired) electrons. The van der Waals surface area contributed by atoms with Crippen LogP contribution in [0.15, 0.2) is 59.4 Å². The van der Waals surface area contributed by atoms with E-state index in [0.717, 1.165) is 35.1 Å². The molecule has 4 rings (SSSR count). The number of tetrazole rings is 1. The Balaban J connectivity index is 1.61. The summed E-state index contributed by atoms with van der Waals surface area (Å²) in [6, 6.07) is 18.2. The molecular formula is C26H32N6O2. The molecule has 8 nitrogen and oxygen atoms in total. The lowest BCUT2D eigenvalue weighted by Gasteiger charge is -2.30. The number of aliphatic hydroxyl groups is 1. The van der Waals surface area contributed by atoms with Gasteiger partial charge in [-0.05, 0) is 59.2 Å². The van der Waals surface area contributed by atoms with Crippen molar-refractivity contribution in [1.29, 1.82) is 0 Å². The molecular weight excluding hydrogens is 428 g/mol. The second kappa shape index (κ2) is 11.2. The second-order valence-corrected chi connectivity index (χ2v) is 8.63. The Hall–Kier alpha value is -3.36. The monoisotopic (exact) mass is 460 g/mol. The highest BCUT2D eigenvalue weighted by Crippen LogP contribution is 2.25. The van der Waals surface area contributed by atoms with Crippen LogP contribution in [-0.2, 0) is 19.5 Å². The maximum absolute atomic E-state index is 12.9. The maximum atomic E-state index is 12.9. The van der Waals surface area contributed by atoms with Gasteiger partial charge in [-0.2, -0.15) is 0 Å². The number of aromatic amines is 1. The molecule has 2 N–H and O–H groups in total. The summed E-state index contributed by atoms with van der Waals surface area (Å²) in [5.74, 6) is 0.782. The van der Waals surface area contributed by atoms with Gasteiger partial charge in [-0.1, -0.05) is 55.5 Å². The van der Waals surface area contributed by atoms with Gasteiger partial charge < -0.3 is 10.1 Å². The lowest BCUT2D eigenvalue weighted by molar-refractivity contribution is 0.152. The summed E-state index contributed by atoms with van der Waals surface area (Å²) in [5, 5.41) is 23.1. The van der Waals surface area contributed by atoms with E-state index >= 15 is 0 Å². The molecule has 0 saturated carbocycles. The van der Waals surface area contributed by atoms with Crippen molar-refractivity contribution in [3.8, 4) is 0 Å². The average molecular weight is 461 g/mol. The van der Waals surface area contributed by atoms with Gasteiger partial charge in [-0.3, -0.25) is 9.69 Å². The van der Waals surface area contributed by atoms with Gasteiger partial charge in [0.2, 0.25) is 0 Å². The van der Waals surface area contributed by atoms with E-state index in [1.54, 1.807) is 0 Å². The number of rotatable bonds is 11. The minimum absolute atomic E-state index is 0.0788. The number of nitrogens with one attached hydrogen (secondary N) is 1. The fourth-order valence-corrected chi connectivity index (χ4v) is 4.48. The van der Waals surface area contributed by atoms with Crippen molar-refractivity contribution < 1.29 is 5.11 Å². The summed E-state index contributed by atoms with van der Waals surface area (Å²) < 4.78 is 1.86. The first kappa shape index (κ1) is 23.8. The van der Waals surface area contributed by atoms with Crippen molar-refractivity contribution in [2.24, 2.45) is 0 Å². The standard InChI is InChI=1S/C26H32N6O2/c1-3-23(25-28-29-30-32(25)15-13-20-10-5-4-6-11-20)31(14-8-16-33)18-22-17-21-12-7-9-19(2)24(21)27-26(22)34/h4-7,9-12,17,23,33H,3,8,13-16,18H2,1-2H3,(H,27,34). The molecule has 8 heteroatoms. The van der Waals surface area contributed by atoms with E-state index in [9.17, 15) is 9.90 Å². The third-order valence-corrected chi connectivity index (χ3v) is 6.28. The average Bonchev–Trinajstić information content (AvgIpc) is 3.31. The molecule has 2 heterocycles. The summed E-state index contributed by atoms with van der Waals surface area (Å²) in [7, 11) is 0. The molecule has 0 spiro atoms. The number of benzene rings is 2. The van der Waals surface area contributed by atoms with Crippen LogP contribution in [0.1, 0.15) is 48.3 Å². The Morgan fingerprint density at radius 2 is 1.97 bits per heavy atom. The molecule has 0 fully saturated rings. The fraction of sp³-hybridized carbons (Fsp3) is 0.385. The van der Waals surface area contributed by atoms with Gasteiger partial charge in [0.05, 0.1) is 11.6 Å². The van der Waals surface area contributed by atoms with Crippen molar-refractivity contribution in [2.45, 2.75) is 52.2 Å². The molecule has 0 aliphatic rings. The van der Waals surface area contributed by atoms with Crippen molar-refractivity contribution >= 4 is 10.9 Å². The van der Waals surface area contributed by atoms with Crippen LogP contribution in [0, 0.1) is 6.92 Å². The third kappa shape index (κ3) is 5.40. The largest absolute Gasteiger partial charge is 0.396 e. The number of hydrogen-bond acceptors (Lipinski definition) is 6. The molecule has 0 aliphatic carbocycles. The van der Waals surface area contributed by atoms with Crippen molar-refractivity contribution in [3.05, 3.63) is 87.5 Å². The van der Waals surface area contributed by atoms with Crippen LogP contribution in [0.25, 0.3) is 10.9 Å². The number of nitrogens with zero attached hydrogens (tertiary/aromatic N) is 5. The van der Waals surface area contributed by atoms with Crippen LogP contribution >= 0.6 is 0 Å². The molecule has 0 amide bonds. The molecule has 178 valence electrons. The van der Waals surface area contributed by atoms with Gasteiger partial charge >= 0.3 is 0 Å². The highest BCUT2D eigenvalue weighted by molar-refractivity contribution is 5.81. The van der Waals surface area contributed by atoms with Crippen LogP contribution < -0.4 is 5.56 Å². The summed E-state index contributed by atoms with van der Waals surface area (Å²) in [6.07, 6.45) is 2.21. The minimum atomic E-state index is -0.0886. The van der Waals surface area contributed by atoms with Crippen LogP contribution in [0.4, 0.5) is 0 Å². The topological polar surface area (TPSA) is 99.9 Å². The van der Waals surface area contributed by atoms with Crippen LogP contribution in [0.5, 0.6) is 0 Å². The van der Waals surface area contributed by atoms with Crippen LogP contribution in [-0.4, -0.2) is 48.3 Å². The molecule has 0 saturated heterocycles. The maximum Gasteiger partial charge on any atom is 0.252 e. The fourth-order valence-electron chi connectivity index (χ4n) is 4.48.